The zero-order chi connectivity index (χ0) is 23.2. The number of hydrogen-bond acceptors (Lipinski definition) is 5. The molecule has 0 spiro atoms. The summed E-state index contributed by atoms with van der Waals surface area (Å²) in [6.07, 6.45) is -0.362. The van der Waals surface area contributed by atoms with Crippen molar-refractivity contribution in [2.24, 2.45) is 7.05 Å². The van der Waals surface area contributed by atoms with Crippen molar-refractivity contribution in [1.82, 2.24) is 30.3 Å². The summed E-state index contributed by atoms with van der Waals surface area (Å²) in [4.78, 5) is 16.5. The lowest BCUT2D eigenvalue weighted by Crippen LogP contribution is -2.33. The Morgan fingerprint density at radius 3 is 2.64 bits per heavy atom. The summed E-state index contributed by atoms with van der Waals surface area (Å²) in [5.74, 6) is 0.663. The molecule has 2 heterocycles. The van der Waals surface area contributed by atoms with Gasteiger partial charge in [0, 0.05) is 29.2 Å². The van der Waals surface area contributed by atoms with Gasteiger partial charge in [0.1, 0.15) is 6.54 Å². The third kappa shape index (κ3) is 4.38. The first-order chi connectivity index (χ1) is 15.8. The number of hydrogen-bond donors (Lipinski definition) is 3. The van der Waals surface area contributed by atoms with Gasteiger partial charge in [-0.15, -0.1) is 5.10 Å². The van der Waals surface area contributed by atoms with Crippen molar-refractivity contribution in [2.45, 2.75) is 24.9 Å². The topological polar surface area (TPSA) is 101 Å². The van der Waals surface area contributed by atoms with Gasteiger partial charge in [-0.3, -0.25) is 9.89 Å². The van der Waals surface area contributed by atoms with E-state index in [-0.39, 0.29) is 5.56 Å². The van der Waals surface area contributed by atoms with Gasteiger partial charge in [-0.1, -0.05) is 12.1 Å². The van der Waals surface area contributed by atoms with Crippen molar-refractivity contribution >= 4 is 28.4 Å². The Morgan fingerprint density at radius 1 is 1.18 bits per heavy atom. The number of aryl methyl sites for hydroxylation is 1. The fraction of sp³-hybridized carbons (Fsp3) is 0.273. The van der Waals surface area contributed by atoms with E-state index in [1.54, 1.807) is 23.9 Å². The number of anilines is 2. The number of rotatable bonds is 6. The number of aromatic nitrogens is 5. The predicted molar refractivity (Wildman–Crippen MR) is 116 cm³/mol. The van der Waals surface area contributed by atoms with Gasteiger partial charge >= 0.3 is 6.18 Å². The molecule has 8 nitrogen and oxygen atoms in total. The number of nitrogens with one attached hydrogen (secondary N) is 3. The highest BCUT2D eigenvalue weighted by Gasteiger charge is 2.29. The molecule has 2 aromatic heterocycles. The molecule has 1 saturated carbocycles. The van der Waals surface area contributed by atoms with Crippen molar-refractivity contribution in [2.75, 3.05) is 11.9 Å². The Hall–Kier alpha value is -3.89. The van der Waals surface area contributed by atoms with Crippen molar-refractivity contribution in [3.63, 3.8) is 0 Å². The first-order valence-corrected chi connectivity index (χ1v) is 10.4. The number of amides is 1. The molecule has 0 unspecified atom stereocenters. The van der Waals surface area contributed by atoms with E-state index < -0.39 is 18.6 Å². The summed E-state index contributed by atoms with van der Waals surface area (Å²) in [6.45, 7) is -1.38. The number of aromatic amines is 1. The molecule has 1 aliphatic rings. The second-order valence-electron chi connectivity index (χ2n) is 8.02. The van der Waals surface area contributed by atoms with Gasteiger partial charge in [0.15, 0.2) is 5.82 Å². The summed E-state index contributed by atoms with van der Waals surface area (Å²) in [5, 5.41) is 17.9. The molecule has 4 aromatic rings. The molecule has 0 atom stereocenters. The lowest BCUT2D eigenvalue weighted by atomic mass is 10.0. The summed E-state index contributed by atoms with van der Waals surface area (Å²) in [5.41, 5.74) is 3.91. The summed E-state index contributed by atoms with van der Waals surface area (Å²) in [6, 6.07) is 10.1. The molecule has 1 amide bonds. The second-order valence-corrected chi connectivity index (χ2v) is 8.02. The average molecular weight is 455 g/mol. The molecule has 1 aliphatic carbocycles. The predicted octanol–water partition coefficient (Wildman–Crippen LogP) is 4.27. The van der Waals surface area contributed by atoms with Crippen LogP contribution in [0.3, 0.4) is 0 Å². The Balaban J connectivity index is 1.36. The largest absolute Gasteiger partial charge is 0.405 e. The lowest BCUT2D eigenvalue weighted by molar-refractivity contribution is -0.123. The zero-order valence-electron chi connectivity index (χ0n) is 17.6. The van der Waals surface area contributed by atoms with Crippen molar-refractivity contribution in [3.8, 4) is 11.4 Å². The highest BCUT2D eigenvalue weighted by molar-refractivity contribution is 5.94. The number of alkyl halides is 3. The Labute approximate surface area is 186 Å². The highest BCUT2D eigenvalue weighted by Crippen LogP contribution is 2.47. The van der Waals surface area contributed by atoms with Gasteiger partial charge in [-0.2, -0.15) is 23.3 Å². The molecule has 5 rings (SSSR count). The molecule has 33 heavy (non-hydrogen) atoms. The molecule has 2 aromatic carbocycles. The van der Waals surface area contributed by atoms with E-state index >= 15 is 0 Å². The Kier molecular flexibility index (Phi) is 5.03. The van der Waals surface area contributed by atoms with Gasteiger partial charge in [-0.25, -0.2) is 4.68 Å². The van der Waals surface area contributed by atoms with Crippen LogP contribution in [0.15, 0.2) is 42.6 Å². The second kappa shape index (κ2) is 7.91. The van der Waals surface area contributed by atoms with Crippen molar-refractivity contribution in [1.29, 1.82) is 0 Å². The number of benzene rings is 2. The lowest BCUT2D eigenvalue weighted by Gasteiger charge is -2.11. The van der Waals surface area contributed by atoms with Crippen molar-refractivity contribution < 1.29 is 18.0 Å². The normalized spacial score (nSPS) is 13.9. The quantitative estimate of drug-likeness (QED) is 0.403. The van der Waals surface area contributed by atoms with Crippen LogP contribution in [0, 0.1) is 0 Å². The number of halogens is 3. The van der Waals surface area contributed by atoms with E-state index in [1.807, 2.05) is 23.6 Å². The highest BCUT2D eigenvalue weighted by atomic mass is 19.4. The fourth-order valence-electron chi connectivity index (χ4n) is 3.75. The summed E-state index contributed by atoms with van der Waals surface area (Å²) in [7, 11) is 1.77. The van der Waals surface area contributed by atoms with E-state index in [4.69, 9.17) is 0 Å². The summed E-state index contributed by atoms with van der Waals surface area (Å²) < 4.78 is 38.5. The third-order valence-electron chi connectivity index (χ3n) is 5.52. The standard InChI is InChI=1S/C22H20F3N7O/c1-32-21(28-17-9-8-16-15(10-27-30-16)18(17)12-2-3-12)29-19(31-32)13-4-6-14(7-5-13)20(33)26-11-22(23,24)25/h4-10,12H,2-3,11H2,1H3,(H,26,33)(H,27,30)(H,28,29,31). The van der Waals surface area contributed by atoms with E-state index in [2.05, 4.69) is 25.6 Å². The maximum atomic E-state index is 12.3. The van der Waals surface area contributed by atoms with Crippen molar-refractivity contribution in [3.05, 3.63) is 53.7 Å². The van der Waals surface area contributed by atoms with Gasteiger partial charge in [-0.05, 0) is 48.6 Å². The van der Waals surface area contributed by atoms with Crippen LogP contribution in [-0.4, -0.2) is 43.6 Å². The number of carbonyl (C=O) groups is 1. The number of H-pyrrole nitrogens is 1. The average Bonchev–Trinajstić information content (AvgIpc) is 3.39. The molecule has 11 heteroatoms. The fourth-order valence-corrected chi connectivity index (χ4v) is 3.75. The molecular formula is C22H20F3N7O. The number of fused-ring (bicyclic) bond motifs is 1. The van der Waals surface area contributed by atoms with Gasteiger partial charge in [0.25, 0.3) is 5.91 Å². The molecule has 0 aliphatic heterocycles. The van der Waals surface area contributed by atoms with E-state index in [0.29, 0.717) is 23.3 Å². The molecule has 0 radical (unpaired) electrons. The van der Waals surface area contributed by atoms with Crippen LogP contribution in [0.2, 0.25) is 0 Å². The minimum atomic E-state index is -4.46. The SMILES string of the molecule is Cn1nc(-c2ccc(C(=O)NCC(F)(F)F)cc2)nc1Nc1ccc2[nH]ncc2c1C1CC1. The van der Waals surface area contributed by atoms with E-state index in [0.717, 1.165) is 29.4 Å². The molecule has 1 fully saturated rings. The first-order valence-electron chi connectivity index (χ1n) is 10.4. The minimum Gasteiger partial charge on any atom is -0.343 e. The number of carbonyl (C=O) groups excluding carboxylic acids is 1. The van der Waals surface area contributed by atoms with Crippen LogP contribution in [0.25, 0.3) is 22.3 Å². The van der Waals surface area contributed by atoms with Crippen LogP contribution in [-0.2, 0) is 7.05 Å². The maximum Gasteiger partial charge on any atom is 0.405 e. The molecular weight excluding hydrogens is 435 g/mol. The molecule has 170 valence electrons. The summed E-state index contributed by atoms with van der Waals surface area (Å²) >= 11 is 0. The van der Waals surface area contributed by atoms with Crippen LogP contribution < -0.4 is 10.6 Å². The molecule has 3 N–H and O–H groups in total. The van der Waals surface area contributed by atoms with Crippen LogP contribution in [0.5, 0.6) is 0 Å². The Bertz CT molecular complexity index is 1320. The molecule has 0 saturated heterocycles. The zero-order valence-corrected chi connectivity index (χ0v) is 17.6. The first kappa shape index (κ1) is 21.0. The molecule has 0 bridgehead atoms. The van der Waals surface area contributed by atoms with E-state index in [1.165, 1.54) is 17.7 Å². The third-order valence-corrected chi connectivity index (χ3v) is 5.52. The smallest absolute Gasteiger partial charge is 0.343 e. The van der Waals surface area contributed by atoms with E-state index in [9.17, 15) is 18.0 Å². The van der Waals surface area contributed by atoms with Gasteiger partial charge in [0.05, 0.1) is 11.7 Å². The van der Waals surface area contributed by atoms with Gasteiger partial charge in [0.2, 0.25) is 5.95 Å². The number of nitrogens with zero attached hydrogens (tertiary/aromatic N) is 4. The van der Waals surface area contributed by atoms with Crippen LogP contribution >= 0.6 is 0 Å². The van der Waals surface area contributed by atoms with Gasteiger partial charge < -0.3 is 10.6 Å². The monoisotopic (exact) mass is 455 g/mol. The Morgan fingerprint density at radius 2 is 1.94 bits per heavy atom. The minimum absolute atomic E-state index is 0.125. The van der Waals surface area contributed by atoms with Crippen LogP contribution in [0.4, 0.5) is 24.8 Å². The van der Waals surface area contributed by atoms with Crippen LogP contribution in [0.1, 0.15) is 34.7 Å². The maximum absolute atomic E-state index is 12.3.